The number of piperazine rings is 1. The lowest BCUT2D eigenvalue weighted by molar-refractivity contribution is -0.883. The van der Waals surface area contributed by atoms with E-state index < -0.39 is 27.8 Å². The molecule has 0 bridgehead atoms. The highest BCUT2D eigenvalue weighted by atomic mass is 32.2. The lowest BCUT2D eigenvalue weighted by Crippen LogP contribution is -3.12. The van der Waals surface area contributed by atoms with Crippen LogP contribution in [0.15, 0.2) is 29.2 Å². The average molecular weight is 410 g/mol. The van der Waals surface area contributed by atoms with E-state index in [4.69, 9.17) is 0 Å². The Morgan fingerprint density at radius 1 is 1.07 bits per heavy atom. The van der Waals surface area contributed by atoms with Gasteiger partial charge in [0.05, 0.1) is 38.1 Å². The summed E-state index contributed by atoms with van der Waals surface area (Å²) in [4.78, 5) is 25.3. The smallest absolute Gasteiger partial charge is 0.243 e. The molecule has 28 heavy (non-hydrogen) atoms. The normalized spacial score (nSPS) is 24.6. The molecule has 1 aromatic carbocycles. The molecule has 1 saturated heterocycles. The number of nitrogens with zero attached hydrogens (tertiary/aromatic N) is 1. The van der Waals surface area contributed by atoms with Crippen LogP contribution in [0.5, 0.6) is 0 Å². The third kappa shape index (κ3) is 4.53. The van der Waals surface area contributed by atoms with Crippen molar-refractivity contribution in [2.24, 2.45) is 11.8 Å². The number of quaternary nitrogens is 1. The Bertz CT molecular complexity index is 816. The predicted molar refractivity (Wildman–Crippen MR) is 101 cm³/mol. The summed E-state index contributed by atoms with van der Waals surface area (Å²) in [6.45, 7) is 2.51. The molecule has 9 heteroatoms. The fraction of sp³-hybridized carbons (Fsp3) is 0.579. The van der Waals surface area contributed by atoms with Gasteiger partial charge in [-0.1, -0.05) is 12.8 Å². The van der Waals surface area contributed by atoms with E-state index in [9.17, 15) is 23.1 Å². The van der Waals surface area contributed by atoms with Crippen LogP contribution in [0, 0.1) is 11.8 Å². The third-order valence-electron chi connectivity index (χ3n) is 5.74. The second-order valence-corrected chi connectivity index (χ2v) is 9.63. The number of hydrogen-bond donors (Lipinski definition) is 2. The minimum Gasteiger partial charge on any atom is -0.550 e. The number of aliphatic carboxylic acids is 1. The Balaban J connectivity index is 1.67. The number of sulfonamides is 1. The van der Waals surface area contributed by atoms with Crippen LogP contribution in [-0.2, 0) is 19.6 Å². The predicted octanol–water partition coefficient (Wildman–Crippen LogP) is -1.30. The monoisotopic (exact) mass is 409 g/mol. The van der Waals surface area contributed by atoms with Gasteiger partial charge in [-0.3, -0.25) is 4.79 Å². The van der Waals surface area contributed by atoms with Gasteiger partial charge >= 0.3 is 0 Å². The first-order chi connectivity index (χ1) is 13.3. The fourth-order valence-corrected chi connectivity index (χ4v) is 5.37. The maximum atomic E-state index is 12.7. The second kappa shape index (κ2) is 8.59. The molecular formula is C19H27N3O5S. The number of likely N-dealkylation sites (N-methyl/N-ethyl adjacent to an activating group) is 1. The van der Waals surface area contributed by atoms with Gasteiger partial charge in [0.2, 0.25) is 15.9 Å². The van der Waals surface area contributed by atoms with E-state index in [2.05, 4.69) is 5.32 Å². The Morgan fingerprint density at radius 3 is 2.21 bits per heavy atom. The number of amides is 1. The number of nitrogens with one attached hydrogen (secondary N) is 2. The quantitative estimate of drug-likeness (QED) is 0.628. The summed E-state index contributed by atoms with van der Waals surface area (Å²) in [6.07, 6.45) is 2.56. The van der Waals surface area contributed by atoms with Crippen LogP contribution in [0.2, 0.25) is 0 Å². The zero-order chi connectivity index (χ0) is 20.3. The molecule has 1 heterocycles. The zero-order valence-electron chi connectivity index (χ0n) is 16.0. The van der Waals surface area contributed by atoms with E-state index in [0.29, 0.717) is 31.6 Å². The zero-order valence-corrected chi connectivity index (χ0v) is 16.8. The van der Waals surface area contributed by atoms with Gasteiger partial charge in [0.25, 0.3) is 0 Å². The molecule has 1 aliphatic carbocycles. The summed E-state index contributed by atoms with van der Waals surface area (Å²) in [5, 5.41) is 14.0. The Morgan fingerprint density at radius 2 is 1.64 bits per heavy atom. The van der Waals surface area contributed by atoms with Gasteiger partial charge < -0.3 is 20.1 Å². The molecule has 1 aliphatic heterocycles. The van der Waals surface area contributed by atoms with Gasteiger partial charge in [0.15, 0.2) is 0 Å². The number of hydrogen-bond acceptors (Lipinski definition) is 5. The summed E-state index contributed by atoms with van der Waals surface area (Å²) in [5.74, 6) is -2.93. The first-order valence-electron chi connectivity index (χ1n) is 9.72. The van der Waals surface area contributed by atoms with E-state index in [1.165, 1.54) is 21.3 Å². The van der Waals surface area contributed by atoms with Gasteiger partial charge in [-0.25, -0.2) is 8.42 Å². The highest BCUT2D eigenvalue weighted by Crippen LogP contribution is 2.31. The lowest BCUT2D eigenvalue weighted by Gasteiger charge is -2.31. The molecule has 0 spiro atoms. The summed E-state index contributed by atoms with van der Waals surface area (Å²) in [7, 11) is -1.51. The first-order valence-corrected chi connectivity index (χ1v) is 11.2. The summed E-state index contributed by atoms with van der Waals surface area (Å²) >= 11 is 0. The summed E-state index contributed by atoms with van der Waals surface area (Å²) in [5.41, 5.74) is 0.453. The number of rotatable bonds is 5. The maximum absolute atomic E-state index is 12.7. The van der Waals surface area contributed by atoms with E-state index >= 15 is 0 Å². The van der Waals surface area contributed by atoms with Gasteiger partial charge in [-0.05, 0) is 37.1 Å². The number of carbonyl (C=O) groups excluding carboxylic acids is 2. The molecule has 154 valence electrons. The van der Waals surface area contributed by atoms with E-state index in [0.717, 1.165) is 25.9 Å². The molecule has 2 fully saturated rings. The van der Waals surface area contributed by atoms with E-state index in [1.54, 1.807) is 12.1 Å². The fourth-order valence-electron chi connectivity index (χ4n) is 3.93. The molecule has 1 aromatic rings. The van der Waals surface area contributed by atoms with Crippen LogP contribution in [0.25, 0.3) is 0 Å². The van der Waals surface area contributed by atoms with Gasteiger partial charge in [0.1, 0.15) is 0 Å². The lowest BCUT2D eigenvalue weighted by atomic mass is 9.78. The number of carboxylic acids is 1. The van der Waals surface area contributed by atoms with E-state index in [-0.39, 0.29) is 10.8 Å². The number of carbonyl (C=O) groups is 2. The third-order valence-corrected chi connectivity index (χ3v) is 7.65. The van der Waals surface area contributed by atoms with E-state index in [1.807, 2.05) is 7.05 Å². The molecule has 0 unspecified atom stereocenters. The van der Waals surface area contributed by atoms with Crippen LogP contribution in [0.4, 0.5) is 5.69 Å². The molecule has 1 saturated carbocycles. The summed E-state index contributed by atoms with van der Waals surface area (Å²) in [6, 6.07) is 6.05. The van der Waals surface area contributed by atoms with Crippen molar-refractivity contribution < 1.29 is 28.0 Å². The summed E-state index contributed by atoms with van der Waals surface area (Å²) < 4.78 is 27.0. The Labute approximate surface area is 165 Å². The highest BCUT2D eigenvalue weighted by Gasteiger charge is 2.32. The topological polar surface area (TPSA) is 111 Å². The molecule has 3 rings (SSSR count). The second-order valence-electron chi connectivity index (χ2n) is 7.69. The van der Waals surface area contributed by atoms with Crippen molar-refractivity contribution in [1.29, 1.82) is 0 Å². The van der Waals surface area contributed by atoms with Crippen molar-refractivity contribution in [2.45, 2.75) is 30.6 Å². The number of benzene rings is 1. The molecule has 2 N–H and O–H groups in total. The molecule has 0 aromatic heterocycles. The van der Waals surface area contributed by atoms with Crippen LogP contribution in [0.1, 0.15) is 25.7 Å². The van der Waals surface area contributed by atoms with Crippen molar-refractivity contribution in [3.8, 4) is 0 Å². The molecule has 2 atom stereocenters. The maximum Gasteiger partial charge on any atom is 0.243 e. The molecule has 8 nitrogen and oxygen atoms in total. The van der Waals surface area contributed by atoms with Crippen molar-refractivity contribution >= 4 is 27.6 Å². The molecular weight excluding hydrogens is 382 g/mol. The van der Waals surface area contributed by atoms with Gasteiger partial charge in [0, 0.05) is 23.5 Å². The van der Waals surface area contributed by atoms with Crippen molar-refractivity contribution in [1.82, 2.24) is 4.31 Å². The number of carboxylic acid groups (broad SMARTS) is 1. The highest BCUT2D eigenvalue weighted by molar-refractivity contribution is 7.89. The molecule has 0 radical (unpaired) electrons. The molecule has 2 aliphatic rings. The van der Waals surface area contributed by atoms with Crippen LogP contribution < -0.4 is 15.3 Å². The SMILES string of the molecule is C[NH+]1CCN(S(=O)(=O)c2ccc(NC(=O)[C@@H]3CCCC[C@@H]3C(=O)[O-])cc2)CC1. The minimum absolute atomic E-state index is 0.190. The Kier molecular flexibility index (Phi) is 6.36. The first kappa shape index (κ1) is 20.8. The van der Waals surface area contributed by atoms with Gasteiger partial charge in [-0.2, -0.15) is 4.31 Å². The van der Waals surface area contributed by atoms with Crippen LogP contribution in [0.3, 0.4) is 0 Å². The van der Waals surface area contributed by atoms with Crippen molar-refractivity contribution in [3.63, 3.8) is 0 Å². The van der Waals surface area contributed by atoms with Crippen molar-refractivity contribution in [3.05, 3.63) is 24.3 Å². The number of anilines is 1. The van der Waals surface area contributed by atoms with Crippen LogP contribution in [-0.4, -0.2) is 57.8 Å². The van der Waals surface area contributed by atoms with Crippen molar-refractivity contribution in [2.75, 3.05) is 38.5 Å². The standard InChI is InChI=1S/C19H27N3O5S/c1-21-10-12-22(13-11-21)28(26,27)15-8-6-14(7-9-15)20-18(23)16-4-2-3-5-17(16)19(24)25/h6-9,16-17H,2-5,10-13H2,1H3,(H,20,23)(H,24,25)/t16-,17+/m1/s1. The Hall–Kier alpha value is -1.97. The van der Waals surface area contributed by atoms with Crippen LogP contribution >= 0.6 is 0 Å². The average Bonchev–Trinajstić information content (AvgIpc) is 2.68. The molecule has 1 amide bonds. The van der Waals surface area contributed by atoms with Gasteiger partial charge in [-0.15, -0.1) is 0 Å². The minimum atomic E-state index is -3.55. The largest absolute Gasteiger partial charge is 0.550 e.